The van der Waals surface area contributed by atoms with Crippen LogP contribution in [0.4, 0.5) is 0 Å². The van der Waals surface area contributed by atoms with Gasteiger partial charge in [0.05, 0.1) is 0 Å². The second-order valence-corrected chi connectivity index (χ2v) is 4.73. The molecule has 0 radical (unpaired) electrons. The Bertz CT molecular complexity index is 293. The number of likely N-dealkylation sites (N-methyl/N-ethyl adjacent to an activating group) is 1. The first-order chi connectivity index (χ1) is 7.84. The van der Waals surface area contributed by atoms with Crippen molar-refractivity contribution in [3.63, 3.8) is 0 Å². The fourth-order valence-corrected chi connectivity index (χ4v) is 2.27. The van der Waals surface area contributed by atoms with E-state index in [-0.39, 0.29) is 0 Å². The van der Waals surface area contributed by atoms with Crippen LogP contribution in [0.15, 0.2) is 24.5 Å². The van der Waals surface area contributed by atoms with Crippen molar-refractivity contribution in [2.75, 3.05) is 33.2 Å². The minimum atomic E-state index is 0.849. The second kappa shape index (κ2) is 5.97. The normalized spacial score (nSPS) is 20.5. The van der Waals surface area contributed by atoms with Crippen molar-refractivity contribution in [1.82, 2.24) is 15.2 Å². The van der Waals surface area contributed by atoms with E-state index in [1.54, 1.807) is 0 Å². The van der Waals surface area contributed by atoms with Gasteiger partial charge in [-0.15, -0.1) is 0 Å². The van der Waals surface area contributed by atoms with Gasteiger partial charge in [-0.1, -0.05) is 0 Å². The molecule has 0 aliphatic carbocycles. The molecule has 0 spiro atoms. The lowest BCUT2D eigenvalue weighted by Gasteiger charge is -2.20. The average Bonchev–Trinajstić information content (AvgIpc) is 2.81. The molecular formula is C13H21N3. The maximum Gasteiger partial charge on any atom is 0.0270 e. The van der Waals surface area contributed by atoms with E-state index in [4.69, 9.17) is 0 Å². The van der Waals surface area contributed by atoms with Gasteiger partial charge < -0.3 is 10.2 Å². The zero-order valence-corrected chi connectivity index (χ0v) is 10.0. The standard InChI is InChI=1S/C13H21N3/c1-16(11-13-4-8-15-10-13)9-5-12-2-6-14-7-3-12/h2-3,6-7,13,15H,4-5,8-11H2,1H3. The van der Waals surface area contributed by atoms with Crippen LogP contribution in [0.2, 0.25) is 0 Å². The molecule has 88 valence electrons. The predicted octanol–water partition coefficient (Wildman–Crippen LogP) is 1.17. The molecule has 0 amide bonds. The van der Waals surface area contributed by atoms with E-state index in [0.29, 0.717) is 0 Å². The van der Waals surface area contributed by atoms with E-state index < -0.39 is 0 Å². The molecule has 1 N–H and O–H groups in total. The molecule has 0 aromatic carbocycles. The first-order valence-corrected chi connectivity index (χ1v) is 6.13. The minimum Gasteiger partial charge on any atom is -0.316 e. The Labute approximate surface area is 97.9 Å². The topological polar surface area (TPSA) is 28.2 Å². The molecule has 3 heteroatoms. The molecule has 2 heterocycles. The van der Waals surface area contributed by atoms with E-state index in [2.05, 4.69) is 34.4 Å². The fourth-order valence-electron chi connectivity index (χ4n) is 2.27. The molecule has 1 unspecified atom stereocenters. The highest BCUT2D eigenvalue weighted by molar-refractivity contribution is 5.09. The number of nitrogens with zero attached hydrogens (tertiary/aromatic N) is 2. The van der Waals surface area contributed by atoms with Crippen LogP contribution in [-0.4, -0.2) is 43.1 Å². The van der Waals surface area contributed by atoms with Crippen LogP contribution in [0.25, 0.3) is 0 Å². The SMILES string of the molecule is CN(CCc1ccncc1)CC1CCNC1. The summed E-state index contributed by atoms with van der Waals surface area (Å²) >= 11 is 0. The summed E-state index contributed by atoms with van der Waals surface area (Å²) in [7, 11) is 2.22. The maximum absolute atomic E-state index is 4.03. The Hall–Kier alpha value is -0.930. The lowest BCUT2D eigenvalue weighted by Crippen LogP contribution is -2.28. The van der Waals surface area contributed by atoms with Crippen LogP contribution in [0, 0.1) is 5.92 Å². The molecule has 1 aromatic heterocycles. The van der Waals surface area contributed by atoms with Crippen LogP contribution in [0.3, 0.4) is 0 Å². The second-order valence-electron chi connectivity index (χ2n) is 4.73. The van der Waals surface area contributed by atoms with Crippen molar-refractivity contribution in [2.45, 2.75) is 12.8 Å². The quantitative estimate of drug-likeness (QED) is 0.805. The zero-order valence-electron chi connectivity index (χ0n) is 10.0. The summed E-state index contributed by atoms with van der Waals surface area (Å²) in [5, 5.41) is 3.42. The molecule has 0 saturated carbocycles. The Morgan fingerprint density at radius 1 is 1.44 bits per heavy atom. The highest BCUT2D eigenvalue weighted by atomic mass is 15.1. The van der Waals surface area contributed by atoms with Gasteiger partial charge in [0.15, 0.2) is 0 Å². The van der Waals surface area contributed by atoms with Crippen LogP contribution >= 0.6 is 0 Å². The molecule has 0 bridgehead atoms. The number of pyridine rings is 1. The number of hydrogen-bond donors (Lipinski definition) is 1. The molecule has 16 heavy (non-hydrogen) atoms. The van der Waals surface area contributed by atoms with Crippen molar-refractivity contribution < 1.29 is 0 Å². The summed E-state index contributed by atoms with van der Waals surface area (Å²) < 4.78 is 0. The highest BCUT2D eigenvalue weighted by Gasteiger charge is 2.15. The monoisotopic (exact) mass is 219 g/mol. The molecule has 1 saturated heterocycles. The summed E-state index contributed by atoms with van der Waals surface area (Å²) in [6, 6.07) is 4.20. The lowest BCUT2D eigenvalue weighted by molar-refractivity contribution is 0.288. The minimum absolute atomic E-state index is 0.849. The van der Waals surface area contributed by atoms with Gasteiger partial charge in [-0.05, 0) is 56.6 Å². The van der Waals surface area contributed by atoms with E-state index in [9.17, 15) is 0 Å². The van der Waals surface area contributed by atoms with Gasteiger partial charge in [0.25, 0.3) is 0 Å². The van der Waals surface area contributed by atoms with Crippen LogP contribution < -0.4 is 5.32 Å². The van der Waals surface area contributed by atoms with Gasteiger partial charge in [0.1, 0.15) is 0 Å². The Balaban J connectivity index is 1.69. The molecule has 2 rings (SSSR count). The number of aromatic nitrogens is 1. The highest BCUT2D eigenvalue weighted by Crippen LogP contribution is 2.09. The Morgan fingerprint density at radius 3 is 2.94 bits per heavy atom. The summed E-state index contributed by atoms with van der Waals surface area (Å²) in [6.07, 6.45) is 6.20. The van der Waals surface area contributed by atoms with Crippen molar-refractivity contribution in [3.05, 3.63) is 30.1 Å². The van der Waals surface area contributed by atoms with Crippen LogP contribution in [-0.2, 0) is 6.42 Å². The van der Waals surface area contributed by atoms with E-state index >= 15 is 0 Å². The summed E-state index contributed by atoms with van der Waals surface area (Å²) in [4.78, 5) is 6.48. The van der Waals surface area contributed by atoms with Crippen molar-refractivity contribution in [1.29, 1.82) is 0 Å². The first-order valence-electron chi connectivity index (χ1n) is 6.13. The molecule has 1 aliphatic rings. The number of rotatable bonds is 5. The molecule has 1 fully saturated rings. The van der Waals surface area contributed by atoms with Crippen molar-refractivity contribution in [3.8, 4) is 0 Å². The van der Waals surface area contributed by atoms with E-state index in [1.807, 2.05) is 12.4 Å². The summed E-state index contributed by atoms with van der Waals surface area (Å²) in [5.41, 5.74) is 1.38. The number of hydrogen-bond acceptors (Lipinski definition) is 3. The van der Waals surface area contributed by atoms with Gasteiger partial charge in [0, 0.05) is 25.5 Å². The van der Waals surface area contributed by atoms with Gasteiger partial charge in [0.2, 0.25) is 0 Å². The van der Waals surface area contributed by atoms with Crippen LogP contribution in [0.1, 0.15) is 12.0 Å². The van der Waals surface area contributed by atoms with Crippen LogP contribution in [0.5, 0.6) is 0 Å². The zero-order chi connectivity index (χ0) is 11.2. The van der Waals surface area contributed by atoms with Gasteiger partial charge in [-0.2, -0.15) is 0 Å². The van der Waals surface area contributed by atoms with Gasteiger partial charge >= 0.3 is 0 Å². The van der Waals surface area contributed by atoms with Crippen molar-refractivity contribution in [2.24, 2.45) is 5.92 Å². The molecule has 1 aliphatic heterocycles. The Kier molecular flexibility index (Phi) is 4.31. The van der Waals surface area contributed by atoms with Gasteiger partial charge in [-0.25, -0.2) is 0 Å². The summed E-state index contributed by atoms with van der Waals surface area (Å²) in [6.45, 7) is 4.75. The predicted molar refractivity (Wildman–Crippen MR) is 66.4 cm³/mol. The third-order valence-electron chi connectivity index (χ3n) is 3.26. The number of nitrogens with one attached hydrogen (secondary N) is 1. The fraction of sp³-hybridized carbons (Fsp3) is 0.615. The van der Waals surface area contributed by atoms with Gasteiger partial charge in [-0.3, -0.25) is 4.98 Å². The third-order valence-corrected chi connectivity index (χ3v) is 3.26. The van der Waals surface area contributed by atoms with E-state index in [1.165, 1.54) is 31.6 Å². The first kappa shape index (κ1) is 11.6. The maximum atomic E-state index is 4.03. The average molecular weight is 219 g/mol. The third kappa shape index (κ3) is 3.58. The molecule has 1 atom stereocenters. The lowest BCUT2D eigenvalue weighted by atomic mass is 10.1. The summed E-state index contributed by atoms with van der Waals surface area (Å²) in [5.74, 6) is 0.849. The smallest absolute Gasteiger partial charge is 0.0270 e. The largest absolute Gasteiger partial charge is 0.316 e. The van der Waals surface area contributed by atoms with Crippen molar-refractivity contribution >= 4 is 0 Å². The van der Waals surface area contributed by atoms with E-state index in [0.717, 1.165) is 18.9 Å². The molecular weight excluding hydrogens is 198 g/mol. The Morgan fingerprint density at radius 2 is 2.25 bits per heavy atom. The molecule has 3 nitrogen and oxygen atoms in total. The molecule has 1 aromatic rings.